The second-order valence-electron chi connectivity index (χ2n) is 3.73. The smallest absolute Gasteiger partial charge is 0.150 e. The highest BCUT2D eigenvalue weighted by molar-refractivity contribution is 7.19. The molecular weight excluding hydrogens is 160 g/mol. The SMILES string of the molecule is C[Si](C)(Cl)CC1CC=CC1. The van der Waals surface area contributed by atoms with Crippen molar-refractivity contribution < 1.29 is 0 Å². The number of hydrogen-bond donors (Lipinski definition) is 0. The molecule has 0 atom stereocenters. The van der Waals surface area contributed by atoms with Crippen LogP contribution in [0.4, 0.5) is 0 Å². The van der Waals surface area contributed by atoms with Crippen LogP contribution in [0.15, 0.2) is 12.2 Å². The fraction of sp³-hybridized carbons (Fsp3) is 0.750. The summed E-state index contributed by atoms with van der Waals surface area (Å²) in [5.74, 6) is 0.874. The first kappa shape index (κ1) is 8.34. The summed E-state index contributed by atoms with van der Waals surface area (Å²) in [6, 6.07) is 1.28. The Morgan fingerprint density at radius 2 is 1.90 bits per heavy atom. The van der Waals surface area contributed by atoms with Gasteiger partial charge in [-0.3, -0.25) is 0 Å². The average molecular weight is 175 g/mol. The molecule has 10 heavy (non-hydrogen) atoms. The van der Waals surface area contributed by atoms with Gasteiger partial charge in [0.25, 0.3) is 0 Å². The Morgan fingerprint density at radius 1 is 1.40 bits per heavy atom. The zero-order chi connectivity index (χ0) is 7.61. The number of halogens is 1. The highest BCUT2D eigenvalue weighted by Gasteiger charge is 2.23. The minimum Gasteiger partial charge on any atom is -0.168 e. The van der Waals surface area contributed by atoms with Crippen molar-refractivity contribution in [3.8, 4) is 0 Å². The van der Waals surface area contributed by atoms with Crippen molar-refractivity contribution in [3.63, 3.8) is 0 Å². The Balaban J connectivity index is 2.26. The molecule has 0 bridgehead atoms. The molecule has 58 valence electrons. The van der Waals surface area contributed by atoms with Crippen molar-refractivity contribution in [3.05, 3.63) is 12.2 Å². The second kappa shape index (κ2) is 3.10. The van der Waals surface area contributed by atoms with E-state index < -0.39 is 7.38 Å². The molecular formula is C8H15ClSi. The van der Waals surface area contributed by atoms with Crippen LogP contribution in [-0.4, -0.2) is 7.38 Å². The lowest BCUT2D eigenvalue weighted by Gasteiger charge is -2.17. The summed E-state index contributed by atoms with van der Waals surface area (Å²) >= 11 is 6.22. The predicted octanol–water partition coefficient (Wildman–Crippen LogP) is 3.40. The summed E-state index contributed by atoms with van der Waals surface area (Å²) in [5.41, 5.74) is 0. The Kier molecular flexibility index (Phi) is 2.59. The zero-order valence-electron chi connectivity index (χ0n) is 6.73. The molecule has 2 heteroatoms. The van der Waals surface area contributed by atoms with Crippen LogP contribution in [0.2, 0.25) is 19.1 Å². The Bertz CT molecular complexity index is 127. The highest BCUT2D eigenvalue weighted by Crippen LogP contribution is 2.29. The average Bonchev–Trinajstić information content (AvgIpc) is 2.12. The first-order chi connectivity index (χ1) is 4.58. The molecule has 0 aromatic carbocycles. The largest absolute Gasteiger partial charge is 0.168 e. The highest BCUT2D eigenvalue weighted by atomic mass is 35.6. The summed E-state index contributed by atoms with van der Waals surface area (Å²) in [4.78, 5) is 0. The molecule has 0 heterocycles. The molecule has 0 amide bonds. The van der Waals surface area contributed by atoms with E-state index in [-0.39, 0.29) is 0 Å². The van der Waals surface area contributed by atoms with Crippen molar-refractivity contribution >= 4 is 18.5 Å². The predicted molar refractivity (Wildman–Crippen MR) is 50.0 cm³/mol. The number of rotatable bonds is 2. The topological polar surface area (TPSA) is 0 Å². The van der Waals surface area contributed by atoms with E-state index in [0.29, 0.717) is 0 Å². The van der Waals surface area contributed by atoms with Crippen LogP contribution in [-0.2, 0) is 0 Å². The first-order valence-electron chi connectivity index (χ1n) is 3.92. The zero-order valence-corrected chi connectivity index (χ0v) is 8.49. The van der Waals surface area contributed by atoms with Gasteiger partial charge in [-0.15, -0.1) is 0 Å². The number of hydrogen-bond acceptors (Lipinski definition) is 0. The van der Waals surface area contributed by atoms with Gasteiger partial charge in [0, 0.05) is 0 Å². The van der Waals surface area contributed by atoms with Crippen LogP contribution >= 0.6 is 11.1 Å². The third-order valence-corrected chi connectivity index (χ3v) is 3.89. The summed E-state index contributed by atoms with van der Waals surface area (Å²) in [6.45, 7) is 4.46. The van der Waals surface area contributed by atoms with Crippen LogP contribution < -0.4 is 0 Å². The van der Waals surface area contributed by atoms with Crippen molar-refractivity contribution in [2.24, 2.45) is 5.92 Å². The first-order valence-corrected chi connectivity index (χ1v) is 8.14. The van der Waals surface area contributed by atoms with Crippen molar-refractivity contribution in [2.45, 2.75) is 32.0 Å². The van der Waals surface area contributed by atoms with Crippen LogP contribution in [0.3, 0.4) is 0 Å². The van der Waals surface area contributed by atoms with E-state index in [1.165, 1.54) is 18.9 Å². The fourth-order valence-corrected chi connectivity index (χ4v) is 3.89. The van der Waals surface area contributed by atoms with E-state index >= 15 is 0 Å². The monoisotopic (exact) mass is 174 g/mol. The molecule has 0 unspecified atom stereocenters. The van der Waals surface area contributed by atoms with Gasteiger partial charge in [-0.2, -0.15) is 11.1 Å². The van der Waals surface area contributed by atoms with Gasteiger partial charge in [-0.05, 0) is 24.8 Å². The molecule has 1 rings (SSSR count). The summed E-state index contributed by atoms with van der Waals surface area (Å²) < 4.78 is 0. The standard InChI is InChI=1S/C8H15ClSi/c1-10(2,9)7-8-5-3-4-6-8/h3-4,8H,5-7H2,1-2H3. The van der Waals surface area contributed by atoms with Crippen molar-refractivity contribution in [1.82, 2.24) is 0 Å². The Labute approximate surface area is 69.0 Å². The lowest BCUT2D eigenvalue weighted by Crippen LogP contribution is -2.19. The van der Waals surface area contributed by atoms with E-state index in [1.807, 2.05) is 0 Å². The van der Waals surface area contributed by atoms with Gasteiger partial charge in [0.15, 0.2) is 7.38 Å². The molecule has 0 aromatic rings. The minimum absolute atomic E-state index is 0.874. The van der Waals surface area contributed by atoms with Crippen LogP contribution in [0, 0.1) is 5.92 Å². The molecule has 1 aliphatic carbocycles. The molecule has 1 aliphatic rings. The van der Waals surface area contributed by atoms with Gasteiger partial charge >= 0.3 is 0 Å². The normalized spacial score (nSPS) is 20.3. The van der Waals surface area contributed by atoms with Gasteiger partial charge in [0.2, 0.25) is 0 Å². The summed E-state index contributed by atoms with van der Waals surface area (Å²) in [5, 5.41) is 0. The fourth-order valence-electron chi connectivity index (χ4n) is 1.53. The third kappa shape index (κ3) is 2.89. The molecule has 0 radical (unpaired) electrons. The van der Waals surface area contributed by atoms with Gasteiger partial charge in [0.1, 0.15) is 0 Å². The summed E-state index contributed by atoms with van der Waals surface area (Å²) in [6.07, 6.45) is 7.09. The van der Waals surface area contributed by atoms with E-state index in [1.54, 1.807) is 0 Å². The molecule has 0 saturated heterocycles. The van der Waals surface area contributed by atoms with Gasteiger partial charge in [-0.25, -0.2) is 0 Å². The maximum absolute atomic E-state index is 6.22. The maximum Gasteiger partial charge on any atom is 0.150 e. The van der Waals surface area contributed by atoms with Crippen LogP contribution in [0.5, 0.6) is 0 Å². The van der Waals surface area contributed by atoms with E-state index in [4.69, 9.17) is 11.1 Å². The molecule has 0 aromatic heterocycles. The summed E-state index contributed by atoms with van der Waals surface area (Å²) in [7, 11) is -1.29. The van der Waals surface area contributed by atoms with Crippen molar-refractivity contribution in [2.75, 3.05) is 0 Å². The van der Waals surface area contributed by atoms with Crippen molar-refractivity contribution in [1.29, 1.82) is 0 Å². The Hall–Kier alpha value is 0.247. The Morgan fingerprint density at radius 3 is 2.30 bits per heavy atom. The molecule has 0 aliphatic heterocycles. The molecule has 0 spiro atoms. The van der Waals surface area contributed by atoms with E-state index in [9.17, 15) is 0 Å². The lowest BCUT2D eigenvalue weighted by atomic mass is 10.1. The second-order valence-corrected chi connectivity index (χ2v) is 10.6. The molecule has 0 nitrogen and oxygen atoms in total. The van der Waals surface area contributed by atoms with Gasteiger partial charge < -0.3 is 0 Å². The minimum atomic E-state index is -1.29. The van der Waals surface area contributed by atoms with E-state index in [2.05, 4.69) is 25.2 Å². The van der Waals surface area contributed by atoms with Gasteiger partial charge in [0.05, 0.1) is 0 Å². The van der Waals surface area contributed by atoms with Crippen LogP contribution in [0.1, 0.15) is 12.8 Å². The molecule has 0 saturated carbocycles. The maximum atomic E-state index is 6.22. The molecule has 0 N–H and O–H groups in total. The van der Waals surface area contributed by atoms with Crippen LogP contribution in [0.25, 0.3) is 0 Å². The van der Waals surface area contributed by atoms with Gasteiger partial charge in [-0.1, -0.05) is 25.2 Å². The quantitative estimate of drug-likeness (QED) is 0.342. The third-order valence-electron chi connectivity index (χ3n) is 1.88. The molecule has 0 fully saturated rings. The lowest BCUT2D eigenvalue weighted by molar-refractivity contribution is 0.629. The number of allylic oxidation sites excluding steroid dienone is 2. The van der Waals surface area contributed by atoms with E-state index in [0.717, 1.165) is 5.92 Å².